The fraction of sp³-hybridized carbons (Fsp3) is 0.600. The summed E-state index contributed by atoms with van der Waals surface area (Å²) in [4.78, 5) is 38.0. The topological polar surface area (TPSA) is 69.6 Å². The zero-order chi connectivity index (χ0) is 16.1. The van der Waals surface area contributed by atoms with Crippen molar-refractivity contribution in [3.05, 3.63) is 23.8 Å². The number of carbonyl (C=O) groups excluding carboxylic acids is 2. The van der Waals surface area contributed by atoms with Gasteiger partial charge in [-0.3, -0.25) is 19.5 Å². The molecule has 1 aromatic heterocycles. The standard InChI is InChI=1S/C15H23N5O2/c1-12-9-17-13(10-16-12)15(22)20-6-4-5-19(7-8-20)11-14(21)18(2)3/h9-10H,4-8,11H2,1-3H3. The van der Waals surface area contributed by atoms with Crippen molar-refractivity contribution in [3.8, 4) is 0 Å². The average Bonchev–Trinajstić information content (AvgIpc) is 2.73. The second kappa shape index (κ2) is 7.31. The van der Waals surface area contributed by atoms with Gasteiger partial charge in [0.2, 0.25) is 5.91 Å². The van der Waals surface area contributed by atoms with E-state index in [0.29, 0.717) is 31.9 Å². The summed E-state index contributed by atoms with van der Waals surface area (Å²) >= 11 is 0. The third kappa shape index (κ3) is 4.24. The van der Waals surface area contributed by atoms with Gasteiger partial charge in [0.25, 0.3) is 5.91 Å². The zero-order valence-electron chi connectivity index (χ0n) is 13.4. The molecule has 2 rings (SSSR count). The van der Waals surface area contributed by atoms with Gasteiger partial charge in [-0.1, -0.05) is 0 Å². The molecule has 0 unspecified atom stereocenters. The van der Waals surface area contributed by atoms with Crippen LogP contribution in [0, 0.1) is 6.92 Å². The molecule has 2 amide bonds. The van der Waals surface area contributed by atoms with Crippen molar-refractivity contribution in [1.29, 1.82) is 0 Å². The molecule has 0 radical (unpaired) electrons. The first-order chi connectivity index (χ1) is 10.5. The first kappa shape index (κ1) is 16.4. The van der Waals surface area contributed by atoms with Crippen LogP contribution in [0.5, 0.6) is 0 Å². The van der Waals surface area contributed by atoms with E-state index in [1.807, 2.05) is 6.92 Å². The van der Waals surface area contributed by atoms with Crippen molar-refractivity contribution in [2.45, 2.75) is 13.3 Å². The van der Waals surface area contributed by atoms with Crippen LogP contribution in [0.2, 0.25) is 0 Å². The van der Waals surface area contributed by atoms with E-state index in [-0.39, 0.29) is 11.8 Å². The van der Waals surface area contributed by atoms with Crippen molar-refractivity contribution < 1.29 is 9.59 Å². The maximum atomic E-state index is 12.4. The summed E-state index contributed by atoms with van der Waals surface area (Å²) in [6, 6.07) is 0. The van der Waals surface area contributed by atoms with Gasteiger partial charge in [-0.15, -0.1) is 0 Å². The largest absolute Gasteiger partial charge is 0.348 e. The average molecular weight is 305 g/mol. The van der Waals surface area contributed by atoms with Gasteiger partial charge in [0, 0.05) is 46.5 Å². The van der Waals surface area contributed by atoms with E-state index in [2.05, 4.69) is 14.9 Å². The lowest BCUT2D eigenvalue weighted by molar-refractivity contribution is -0.129. The zero-order valence-corrected chi connectivity index (χ0v) is 13.4. The van der Waals surface area contributed by atoms with Crippen LogP contribution >= 0.6 is 0 Å². The lowest BCUT2D eigenvalue weighted by atomic mass is 10.3. The Morgan fingerprint density at radius 3 is 2.55 bits per heavy atom. The van der Waals surface area contributed by atoms with E-state index in [0.717, 1.165) is 18.7 Å². The molecule has 0 N–H and O–H groups in total. The van der Waals surface area contributed by atoms with Gasteiger partial charge in [-0.05, 0) is 13.3 Å². The van der Waals surface area contributed by atoms with Crippen molar-refractivity contribution in [1.82, 2.24) is 24.7 Å². The number of nitrogens with zero attached hydrogens (tertiary/aromatic N) is 5. The van der Waals surface area contributed by atoms with Gasteiger partial charge in [-0.2, -0.15) is 0 Å². The summed E-state index contributed by atoms with van der Waals surface area (Å²) in [5, 5.41) is 0. The van der Waals surface area contributed by atoms with Crippen LogP contribution in [0.3, 0.4) is 0 Å². The fourth-order valence-electron chi connectivity index (χ4n) is 2.33. The van der Waals surface area contributed by atoms with Gasteiger partial charge in [0.15, 0.2) is 0 Å². The van der Waals surface area contributed by atoms with E-state index < -0.39 is 0 Å². The van der Waals surface area contributed by atoms with Crippen molar-refractivity contribution in [2.75, 3.05) is 46.8 Å². The Morgan fingerprint density at radius 2 is 1.91 bits per heavy atom. The van der Waals surface area contributed by atoms with Crippen molar-refractivity contribution in [2.24, 2.45) is 0 Å². The van der Waals surface area contributed by atoms with Crippen LogP contribution in [0.15, 0.2) is 12.4 Å². The van der Waals surface area contributed by atoms with E-state index >= 15 is 0 Å². The van der Waals surface area contributed by atoms with Crippen molar-refractivity contribution in [3.63, 3.8) is 0 Å². The van der Waals surface area contributed by atoms with Gasteiger partial charge in [-0.25, -0.2) is 4.98 Å². The predicted molar refractivity (Wildman–Crippen MR) is 82.4 cm³/mol. The van der Waals surface area contributed by atoms with Gasteiger partial charge >= 0.3 is 0 Å². The molecule has 22 heavy (non-hydrogen) atoms. The number of rotatable bonds is 3. The number of hydrogen-bond donors (Lipinski definition) is 0. The van der Waals surface area contributed by atoms with E-state index in [1.54, 1.807) is 30.1 Å². The third-order valence-corrected chi connectivity index (χ3v) is 3.73. The highest BCUT2D eigenvalue weighted by Gasteiger charge is 2.22. The highest BCUT2D eigenvalue weighted by Crippen LogP contribution is 2.07. The maximum Gasteiger partial charge on any atom is 0.274 e. The molecule has 1 aliphatic rings. The minimum atomic E-state index is -0.0895. The SMILES string of the molecule is Cc1cnc(C(=O)N2CCCN(CC(=O)N(C)C)CC2)cn1. The molecule has 0 bridgehead atoms. The van der Waals surface area contributed by atoms with Crippen LogP contribution in [0.1, 0.15) is 22.6 Å². The van der Waals surface area contributed by atoms with E-state index in [9.17, 15) is 9.59 Å². The molecule has 0 saturated carbocycles. The highest BCUT2D eigenvalue weighted by molar-refractivity contribution is 5.92. The number of hydrogen-bond acceptors (Lipinski definition) is 5. The molecule has 7 nitrogen and oxygen atoms in total. The lowest BCUT2D eigenvalue weighted by Gasteiger charge is -2.22. The van der Waals surface area contributed by atoms with Gasteiger partial charge in [0.05, 0.1) is 18.4 Å². The Hall–Kier alpha value is -2.02. The molecule has 1 saturated heterocycles. The first-order valence-corrected chi connectivity index (χ1v) is 7.48. The summed E-state index contributed by atoms with van der Waals surface area (Å²) in [6.07, 6.45) is 3.98. The Bertz CT molecular complexity index is 529. The second-order valence-electron chi connectivity index (χ2n) is 5.75. The summed E-state index contributed by atoms with van der Waals surface area (Å²) in [5.74, 6) is -0.00235. The molecule has 7 heteroatoms. The molecular formula is C15H23N5O2. The monoisotopic (exact) mass is 305 g/mol. The molecule has 1 aromatic rings. The minimum Gasteiger partial charge on any atom is -0.348 e. The Morgan fingerprint density at radius 1 is 1.14 bits per heavy atom. The van der Waals surface area contributed by atoms with Gasteiger partial charge < -0.3 is 9.80 Å². The highest BCUT2D eigenvalue weighted by atomic mass is 16.2. The molecule has 2 heterocycles. The normalized spacial score (nSPS) is 16.2. The first-order valence-electron chi connectivity index (χ1n) is 7.48. The smallest absolute Gasteiger partial charge is 0.274 e. The third-order valence-electron chi connectivity index (χ3n) is 3.73. The number of aromatic nitrogens is 2. The molecule has 120 valence electrons. The Labute approximate surface area is 130 Å². The fourth-order valence-corrected chi connectivity index (χ4v) is 2.33. The van der Waals surface area contributed by atoms with Crippen LogP contribution in [-0.2, 0) is 4.79 Å². The minimum absolute atomic E-state index is 0.0872. The van der Waals surface area contributed by atoms with E-state index in [4.69, 9.17) is 0 Å². The quantitative estimate of drug-likeness (QED) is 0.787. The number of amides is 2. The Balaban J connectivity index is 1.93. The molecule has 1 fully saturated rings. The summed E-state index contributed by atoms with van der Waals surface area (Å²) in [6.45, 7) is 5.05. The molecule has 0 aromatic carbocycles. The summed E-state index contributed by atoms with van der Waals surface area (Å²) in [7, 11) is 3.51. The molecule has 1 aliphatic heterocycles. The van der Waals surface area contributed by atoms with Crippen LogP contribution < -0.4 is 0 Å². The van der Waals surface area contributed by atoms with Crippen molar-refractivity contribution >= 4 is 11.8 Å². The van der Waals surface area contributed by atoms with Crippen LogP contribution in [0.25, 0.3) is 0 Å². The number of carbonyl (C=O) groups is 2. The van der Waals surface area contributed by atoms with Gasteiger partial charge in [0.1, 0.15) is 5.69 Å². The maximum absolute atomic E-state index is 12.4. The van der Waals surface area contributed by atoms with Crippen LogP contribution in [-0.4, -0.2) is 83.3 Å². The number of likely N-dealkylation sites (N-methyl/N-ethyl adjacent to an activating group) is 1. The molecular weight excluding hydrogens is 282 g/mol. The number of aryl methyl sites for hydroxylation is 1. The Kier molecular flexibility index (Phi) is 5.43. The molecule has 0 atom stereocenters. The predicted octanol–water partition coefficient (Wildman–Crippen LogP) is 0.0211. The lowest BCUT2D eigenvalue weighted by Crippen LogP contribution is -2.39. The molecule has 0 aliphatic carbocycles. The molecule has 0 spiro atoms. The summed E-state index contributed by atoms with van der Waals surface area (Å²) < 4.78 is 0. The summed E-state index contributed by atoms with van der Waals surface area (Å²) in [5.41, 5.74) is 1.17. The van der Waals surface area contributed by atoms with Crippen LogP contribution in [0.4, 0.5) is 0 Å². The van der Waals surface area contributed by atoms with E-state index in [1.165, 1.54) is 6.20 Å². The second-order valence-corrected chi connectivity index (χ2v) is 5.75.